The van der Waals surface area contributed by atoms with E-state index in [9.17, 15) is 4.57 Å². The van der Waals surface area contributed by atoms with Gasteiger partial charge >= 0.3 is 7.82 Å². The van der Waals surface area contributed by atoms with Crippen LogP contribution in [-0.4, -0.2) is 0 Å². The summed E-state index contributed by atoms with van der Waals surface area (Å²) in [6.07, 6.45) is 0. The van der Waals surface area contributed by atoms with E-state index in [1.165, 1.54) is 0 Å². The minimum absolute atomic E-state index is 0.262. The molecule has 0 saturated carbocycles. The molecule has 6 aromatic carbocycles. The van der Waals surface area contributed by atoms with Gasteiger partial charge in [-0.25, -0.2) is 0 Å². The van der Waals surface area contributed by atoms with Crippen molar-refractivity contribution in [2.45, 2.75) is 0 Å². The summed E-state index contributed by atoms with van der Waals surface area (Å²) in [5, 5.41) is 2.04. The Kier molecular flexibility index (Phi) is 8.29. The third-order valence-corrected chi connectivity index (χ3v) is 11.2. The van der Waals surface area contributed by atoms with Crippen LogP contribution in [0.25, 0.3) is 11.1 Å². The van der Waals surface area contributed by atoms with Crippen LogP contribution < -0.4 is 29.5 Å². The van der Waals surface area contributed by atoms with Crippen LogP contribution in [-0.2, 0) is 9.13 Å². The number of rotatable bonds is 10. The molecule has 0 amide bonds. The average Bonchev–Trinajstić information content (AvgIpc) is 3.06. The molecule has 0 aliphatic carbocycles. The second-order valence-electron chi connectivity index (χ2n) is 9.64. The van der Waals surface area contributed by atoms with Crippen molar-refractivity contribution in [3.63, 3.8) is 0 Å². The number of hydrogen-bond donors (Lipinski definition) is 0. The van der Waals surface area contributed by atoms with Crippen LogP contribution >= 0.6 is 15.0 Å². The Bertz CT molecular complexity index is 1810. The number of benzene rings is 6. The lowest BCUT2D eigenvalue weighted by Crippen LogP contribution is -2.26. The first kappa shape index (κ1) is 28.3. The fraction of sp³-hybridized carbons (Fsp3) is 0. The van der Waals surface area contributed by atoms with Crippen molar-refractivity contribution in [3.8, 4) is 28.4 Å². The van der Waals surface area contributed by atoms with Crippen molar-refractivity contribution in [2.75, 3.05) is 0 Å². The Balaban J connectivity index is 1.48. The number of hydrogen-bond acceptors (Lipinski definition) is 5. The molecule has 0 radical (unpaired) electrons. The van der Waals surface area contributed by atoms with Crippen LogP contribution in [0.3, 0.4) is 0 Å². The van der Waals surface area contributed by atoms with Crippen molar-refractivity contribution >= 4 is 30.9 Å². The Morgan fingerprint density at radius 3 is 1.28 bits per heavy atom. The van der Waals surface area contributed by atoms with E-state index in [1.54, 1.807) is 60.7 Å². The van der Waals surface area contributed by atoms with Crippen LogP contribution in [0.4, 0.5) is 0 Å². The summed E-state index contributed by atoms with van der Waals surface area (Å²) in [4.78, 5) is 0. The molecule has 212 valence electrons. The van der Waals surface area contributed by atoms with Gasteiger partial charge in [-0.3, -0.25) is 0 Å². The van der Waals surface area contributed by atoms with Gasteiger partial charge in [0.1, 0.15) is 17.2 Å². The first-order valence-corrected chi connectivity index (χ1v) is 16.9. The lowest BCUT2D eigenvalue weighted by atomic mass is 10.0. The van der Waals surface area contributed by atoms with Crippen LogP contribution in [0, 0.1) is 0 Å². The van der Waals surface area contributed by atoms with Crippen LogP contribution in [0.1, 0.15) is 0 Å². The molecule has 0 N–H and O–H groups in total. The van der Waals surface area contributed by atoms with Crippen molar-refractivity contribution < 1.29 is 22.7 Å². The minimum Gasteiger partial charge on any atom is -0.386 e. The Hall–Kier alpha value is -4.82. The van der Waals surface area contributed by atoms with Gasteiger partial charge in [0.2, 0.25) is 0 Å². The fourth-order valence-electron chi connectivity index (χ4n) is 4.85. The Morgan fingerprint density at radius 2 is 0.767 bits per heavy atom. The average molecular weight is 603 g/mol. The van der Waals surface area contributed by atoms with Gasteiger partial charge in [-0.2, -0.15) is 4.57 Å². The van der Waals surface area contributed by atoms with E-state index in [2.05, 4.69) is 0 Å². The highest BCUT2D eigenvalue weighted by Crippen LogP contribution is 2.52. The molecule has 0 bridgehead atoms. The minimum atomic E-state index is -4.27. The molecule has 0 saturated heterocycles. The van der Waals surface area contributed by atoms with Crippen molar-refractivity contribution in [2.24, 2.45) is 0 Å². The van der Waals surface area contributed by atoms with E-state index in [0.29, 0.717) is 38.5 Å². The third kappa shape index (κ3) is 6.20. The normalized spacial score (nSPS) is 11.4. The number of para-hydroxylation sites is 3. The van der Waals surface area contributed by atoms with E-state index in [0.717, 1.165) is 0 Å². The summed E-state index contributed by atoms with van der Waals surface area (Å²) < 4.78 is 47.6. The lowest BCUT2D eigenvalue weighted by Gasteiger charge is -2.24. The zero-order chi connectivity index (χ0) is 29.5. The fourth-order valence-corrected chi connectivity index (χ4v) is 8.99. The van der Waals surface area contributed by atoms with E-state index >= 15 is 4.57 Å². The maximum Gasteiger partial charge on any atom is 0.647 e. The Morgan fingerprint density at radius 1 is 0.372 bits per heavy atom. The predicted molar refractivity (Wildman–Crippen MR) is 174 cm³/mol. The van der Waals surface area contributed by atoms with Crippen LogP contribution in [0.15, 0.2) is 170 Å². The summed E-state index contributed by atoms with van der Waals surface area (Å²) in [7, 11) is -7.62. The molecule has 6 aromatic rings. The van der Waals surface area contributed by atoms with Crippen molar-refractivity contribution in [3.05, 3.63) is 170 Å². The second-order valence-corrected chi connectivity index (χ2v) is 13.8. The third-order valence-electron chi connectivity index (χ3n) is 6.79. The highest BCUT2D eigenvalue weighted by Gasteiger charge is 2.36. The summed E-state index contributed by atoms with van der Waals surface area (Å²) in [6, 6.07) is 51.2. The maximum absolute atomic E-state index is 15.3. The molecule has 43 heavy (non-hydrogen) atoms. The van der Waals surface area contributed by atoms with E-state index < -0.39 is 15.0 Å². The quantitative estimate of drug-likeness (QED) is 0.147. The van der Waals surface area contributed by atoms with Gasteiger partial charge in [-0.05, 0) is 35.9 Å². The predicted octanol–water partition coefficient (Wildman–Crippen LogP) is 8.64. The molecule has 0 heterocycles. The van der Waals surface area contributed by atoms with E-state index in [4.69, 9.17) is 13.6 Å². The Labute approximate surface area is 251 Å². The number of phosphoric acid groups is 1. The van der Waals surface area contributed by atoms with Crippen LogP contribution in [0.5, 0.6) is 17.2 Å². The largest absolute Gasteiger partial charge is 0.647 e. The first-order chi connectivity index (χ1) is 21.1. The van der Waals surface area contributed by atoms with Gasteiger partial charge in [0, 0.05) is 21.5 Å². The topological polar surface area (TPSA) is 61.8 Å². The molecule has 0 aliphatic rings. The zero-order valence-electron chi connectivity index (χ0n) is 23.1. The van der Waals surface area contributed by atoms with E-state index in [-0.39, 0.29) is 5.75 Å². The van der Waals surface area contributed by atoms with Gasteiger partial charge in [0.15, 0.2) is 7.14 Å². The first-order valence-electron chi connectivity index (χ1n) is 13.7. The summed E-state index contributed by atoms with van der Waals surface area (Å²) >= 11 is 0. The molecule has 0 atom stereocenters. The molecule has 0 aromatic heterocycles. The van der Waals surface area contributed by atoms with Gasteiger partial charge in [-0.15, -0.1) is 0 Å². The molecular weight excluding hydrogens is 574 g/mol. The summed E-state index contributed by atoms with van der Waals surface area (Å²) in [5.41, 5.74) is 1.28. The maximum atomic E-state index is 15.3. The summed E-state index contributed by atoms with van der Waals surface area (Å²) in [5.74, 6) is 0.924. The zero-order valence-corrected chi connectivity index (χ0v) is 24.9. The SMILES string of the molecule is O=P(Oc1ccccc1)(Oc1ccccc1)Oc1ccccc1-c1ccccc1P(=O)(c1ccccc1)c1ccccc1. The molecule has 5 nitrogen and oxygen atoms in total. The van der Waals surface area contributed by atoms with Crippen molar-refractivity contribution in [1.29, 1.82) is 0 Å². The molecular formula is C36H28O5P2. The molecule has 7 heteroatoms. The summed E-state index contributed by atoms with van der Waals surface area (Å²) in [6.45, 7) is 0. The van der Waals surface area contributed by atoms with Crippen LogP contribution in [0.2, 0.25) is 0 Å². The monoisotopic (exact) mass is 602 g/mol. The number of phosphoric ester groups is 1. The molecule has 0 spiro atoms. The van der Waals surface area contributed by atoms with Gasteiger partial charge < -0.3 is 18.1 Å². The highest BCUT2D eigenvalue weighted by atomic mass is 31.2. The highest BCUT2D eigenvalue weighted by molar-refractivity contribution is 7.85. The van der Waals surface area contributed by atoms with E-state index in [1.807, 2.05) is 109 Å². The standard InChI is InChI=1S/C36H28O5P2/c37-42(31-21-9-3-10-22-31,32-23-11-4-12-24-32)36-28-16-14-26-34(36)33-25-13-15-27-35(33)41-43(38,39-29-17-5-1-6-18-29)40-30-19-7-2-8-20-30/h1-28H. The molecule has 0 unspecified atom stereocenters. The van der Waals surface area contributed by atoms with Gasteiger partial charge in [-0.1, -0.05) is 140 Å². The van der Waals surface area contributed by atoms with Gasteiger partial charge in [0.25, 0.3) is 0 Å². The lowest BCUT2D eigenvalue weighted by molar-refractivity contribution is 0.299. The molecule has 6 rings (SSSR count). The molecule has 0 fully saturated rings. The second kappa shape index (κ2) is 12.6. The molecule has 0 aliphatic heterocycles. The van der Waals surface area contributed by atoms with Gasteiger partial charge in [0.05, 0.1) is 0 Å². The van der Waals surface area contributed by atoms with Crippen molar-refractivity contribution in [1.82, 2.24) is 0 Å². The smallest absolute Gasteiger partial charge is 0.386 e.